The van der Waals surface area contributed by atoms with Crippen molar-refractivity contribution in [1.82, 2.24) is 9.97 Å². The molecule has 0 aromatic carbocycles. The van der Waals surface area contributed by atoms with Gasteiger partial charge >= 0.3 is 0 Å². The standard InChI is InChI=1S/C11H12ClF2N3O/c1-17-7(6-2-11(13,14)3-6)5-18-8-4-15-10(12)16-9(8)17/h4,6-7H,2-3,5H2,1H3. The molecule has 1 unspecified atom stereocenters. The summed E-state index contributed by atoms with van der Waals surface area (Å²) in [5.74, 6) is -1.47. The van der Waals surface area contributed by atoms with Crippen LogP contribution in [0.25, 0.3) is 0 Å². The fourth-order valence-electron chi connectivity index (χ4n) is 2.57. The first kappa shape index (κ1) is 11.9. The smallest absolute Gasteiger partial charge is 0.248 e. The molecule has 1 aromatic heterocycles. The molecule has 1 fully saturated rings. The van der Waals surface area contributed by atoms with Crippen molar-refractivity contribution in [2.24, 2.45) is 5.92 Å². The molecule has 0 N–H and O–H groups in total. The number of aromatic nitrogens is 2. The molecule has 7 heteroatoms. The summed E-state index contributed by atoms with van der Waals surface area (Å²) in [6.45, 7) is 0.384. The van der Waals surface area contributed by atoms with Gasteiger partial charge in [0.1, 0.15) is 6.61 Å². The Kier molecular flexibility index (Phi) is 2.59. The van der Waals surface area contributed by atoms with Crippen molar-refractivity contribution in [2.45, 2.75) is 24.8 Å². The average Bonchev–Trinajstić information content (AvgIpc) is 2.27. The number of hydrogen-bond donors (Lipinski definition) is 0. The van der Waals surface area contributed by atoms with Crippen LogP contribution in [0.5, 0.6) is 5.75 Å². The first-order chi connectivity index (χ1) is 8.46. The minimum Gasteiger partial charge on any atom is -0.486 e. The third kappa shape index (κ3) is 1.88. The van der Waals surface area contributed by atoms with Crippen molar-refractivity contribution in [1.29, 1.82) is 0 Å². The van der Waals surface area contributed by atoms with Crippen molar-refractivity contribution < 1.29 is 13.5 Å². The summed E-state index contributed by atoms with van der Waals surface area (Å²) in [6.07, 6.45) is 1.34. The highest BCUT2D eigenvalue weighted by Gasteiger charge is 2.50. The predicted octanol–water partition coefficient (Wildman–Crippen LogP) is 2.37. The molecule has 0 saturated heterocycles. The number of hydrogen-bond acceptors (Lipinski definition) is 4. The van der Waals surface area contributed by atoms with E-state index in [9.17, 15) is 8.78 Å². The van der Waals surface area contributed by atoms with Gasteiger partial charge < -0.3 is 9.64 Å². The van der Waals surface area contributed by atoms with Gasteiger partial charge in [-0.05, 0) is 17.5 Å². The van der Waals surface area contributed by atoms with Gasteiger partial charge in [0.05, 0.1) is 12.2 Å². The van der Waals surface area contributed by atoms with E-state index in [0.29, 0.717) is 18.2 Å². The normalized spacial score (nSPS) is 26.2. The SMILES string of the molecule is CN1c2nc(Cl)ncc2OCC1C1CC(F)(F)C1. The maximum Gasteiger partial charge on any atom is 0.248 e. The molecule has 4 nitrogen and oxygen atoms in total. The second-order valence-electron chi connectivity index (χ2n) is 4.84. The topological polar surface area (TPSA) is 38.2 Å². The summed E-state index contributed by atoms with van der Waals surface area (Å²) in [5.41, 5.74) is 0. The minimum absolute atomic E-state index is 0.0631. The van der Waals surface area contributed by atoms with E-state index < -0.39 is 5.92 Å². The Morgan fingerprint density at radius 1 is 1.50 bits per heavy atom. The highest BCUT2D eigenvalue weighted by molar-refractivity contribution is 6.28. The van der Waals surface area contributed by atoms with E-state index >= 15 is 0 Å². The zero-order valence-electron chi connectivity index (χ0n) is 9.74. The van der Waals surface area contributed by atoms with Gasteiger partial charge in [-0.3, -0.25) is 0 Å². The van der Waals surface area contributed by atoms with Crippen molar-refractivity contribution in [3.05, 3.63) is 11.5 Å². The molecule has 1 aliphatic carbocycles. The van der Waals surface area contributed by atoms with Gasteiger partial charge in [-0.1, -0.05) is 0 Å². The molecule has 1 aromatic rings. The number of ether oxygens (including phenoxy) is 1. The summed E-state index contributed by atoms with van der Waals surface area (Å²) in [6, 6.07) is -0.0805. The number of rotatable bonds is 1. The van der Waals surface area contributed by atoms with Gasteiger partial charge in [0.2, 0.25) is 11.2 Å². The second kappa shape index (κ2) is 3.91. The fraction of sp³-hybridized carbons (Fsp3) is 0.636. The van der Waals surface area contributed by atoms with Gasteiger partial charge in [0.15, 0.2) is 11.6 Å². The Hall–Kier alpha value is -1.17. The van der Waals surface area contributed by atoms with Crippen molar-refractivity contribution in [2.75, 3.05) is 18.6 Å². The molecule has 1 aliphatic heterocycles. The van der Waals surface area contributed by atoms with Crippen LogP contribution in [0.4, 0.5) is 14.6 Å². The van der Waals surface area contributed by atoms with E-state index in [1.54, 1.807) is 0 Å². The van der Waals surface area contributed by atoms with Gasteiger partial charge in [-0.2, -0.15) is 4.98 Å². The summed E-state index contributed by atoms with van der Waals surface area (Å²) in [7, 11) is 1.83. The summed E-state index contributed by atoms with van der Waals surface area (Å²) in [5, 5.41) is 0.129. The molecule has 0 spiro atoms. The number of nitrogens with zero attached hydrogens (tertiary/aromatic N) is 3. The summed E-state index contributed by atoms with van der Waals surface area (Å²) < 4.78 is 31.4. The Labute approximate surface area is 108 Å². The fourth-order valence-corrected chi connectivity index (χ4v) is 2.70. The Morgan fingerprint density at radius 2 is 2.22 bits per heavy atom. The van der Waals surface area contributed by atoms with Crippen LogP contribution >= 0.6 is 11.6 Å². The maximum atomic E-state index is 12.9. The molecular weight excluding hydrogens is 264 g/mol. The number of anilines is 1. The van der Waals surface area contributed by atoms with Crippen LogP contribution in [0.2, 0.25) is 5.28 Å². The molecule has 0 bridgehead atoms. The van der Waals surface area contributed by atoms with Gasteiger partial charge in [-0.25, -0.2) is 13.8 Å². The molecular formula is C11H12ClF2N3O. The lowest BCUT2D eigenvalue weighted by atomic mass is 9.76. The molecule has 2 heterocycles. The van der Waals surface area contributed by atoms with Crippen LogP contribution < -0.4 is 9.64 Å². The van der Waals surface area contributed by atoms with Crippen molar-refractivity contribution >= 4 is 17.4 Å². The molecule has 1 saturated carbocycles. The van der Waals surface area contributed by atoms with Gasteiger partial charge in [0, 0.05) is 19.9 Å². The maximum absolute atomic E-state index is 12.9. The molecule has 0 amide bonds. The first-order valence-corrected chi connectivity index (χ1v) is 6.10. The largest absolute Gasteiger partial charge is 0.486 e. The van der Waals surface area contributed by atoms with E-state index in [-0.39, 0.29) is 30.1 Å². The zero-order chi connectivity index (χ0) is 12.9. The highest BCUT2D eigenvalue weighted by atomic mass is 35.5. The third-order valence-corrected chi connectivity index (χ3v) is 3.80. The molecule has 18 heavy (non-hydrogen) atoms. The number of likely N-dealkylation sites (N-methyl/N-ethyl adjacent to an activating group) is 1. The molecule has 0 radical (unpaired) electrons. The van der Waals surface area contributed by atoms with Crippen LogP contribution in [0, 0.1) is 5.92 Å². The Bertz CT molecular complexity index is 477. The highest BCUT2D eigenvalue weighted by Crippen LogP contribution is 2.47. The van der Waals surface area contributed by atoms with E-state index in [0.717, 1.165) is 0 Å². The third-order valence-electron chi connectivity index (χ3n) is 3.61. The van der Waals surface area contributed by atoms with E-state index in [4.69, 9.17) is 16.3 Å². The number of alkyl halides is 2. The summed E-state index contributed by atoms with van der Waals surface area (Å²) in [4.78, 5) is 9.79. The van der Waals surface area contributed by atoms with E-state index in [2.05, 4.69) is 9.97 Å². The van der Waals surface area contributed by atoms with Crippen LogP contribution in [0.1, 0.15) is 12.8 Å². The summed E-state index contributed by atoms with van der Waals surface area (Å²) >= 11 is 5.74. The Morgan fingerprint density at radius 3 is 2.89 bits per heavy atom. The number of fused-ring (bicyclic) bond motifs is 1. The lowest BCUT2D eigenvalue weighted by molar-refractivity contribution is -0.119. The van der Waals surface area contributed by atoms with Crippen molar-refractivity contribution in [3.8, 4) is 5.75 Å². The van der Waals surface area contributed by atoms with Crippen LogP contribution in [-0.4, -0.2) is 35.6 Å². The molecule has 3 rings (SSSR count). The lowest BCUT2D eigenvalue weighted by Gasteiger charge is -2.45. The Balaban J connectivity index is 1.81. The number of halogens is 3. The average molecular weight is 276 g/mol. The quantitative estimate of drug-likeness (QED) is 0.738. The van der Waals surface area contributed by atoms with Gasteiger partial charge in [0.25, 0.3) is 0 Å². The predicted molar refractivity (Wildman–Crippen MR) is 62.4 cm³/mol. The van der Waals surface area contributed by atoms with Crippen LogP contribution in [-0.2, 0) is 0 Å². The van der Waals surface area contributed by atoms with E-state index in [1.807, 2.05) is 11.9 Å². The molecule has 98 valence electrons. The monoisotopic (exact) mass is 275 g/mol. The van der Waals surface area contributed by atoms with E-state index in [1.165, 1.54) is 6.20 Å². The zero-order valence-corrected chi connectivity index (χ0v) is 10.5. The van der Waals surface area contributed by atoms with Crippen LogP contribution in [0.15, 0.2) is 6.20 Å². The lowest BCUT2D eigenvalue weighted by Crippen LogP contribution is -2.53. The van der Waals surface area contributed by atoms with Crippen LogP contribution in [0.3, 0.4) is 0 Å². The van der Waals surface area contributed by atoms with Crippen molar-refractivity contribution in [3.63, 3.8) is 0 Å². The molecule has 1 atom stereocenters. The first-order valence-electron chi connectivity index (χ1n) is 5.72. The minimum atomic E-state index is -2.52. The second-order valence-corrected chi connectivity index (χ2v) is 5.18. The van der Waals surface area contributed by atoms with Gasteiger partial charge in [-0.15, -0.1) is 0 Å². The molecule has 2 aliphatic rings.